The van der Waals surface area contributed by atoms with Gasteiger partial charge in [0.05, 0.1) is 0 Å². The summed E-state index contributed by atoms with van der Waals surface area (Å²) in [5.41, 5.74) is 0.410. The molecule has 0 amide bonds. The molecule has 0 saturated heterocycles. The zero-order valence-electron chi connectivity index (χ0n) is 10.6. The van der Waals surface area contributed by atoms with Crippen LogP contribution in [0.15, 0.2) is 29.2 Å². The fourth-order valence-electron chi connectivity index (χ4n) is 2.59. The van der Waals surface area contributed by atoms with Crippen LogP contribution in [0.5, 0.6) is 0 Å². The van der Waals surface area contributed by atoms with E-state index in [0.717, 1.165) is 16.0 Å². The molecule has 1 saturated carbocycles. The smallest absolute Gasteiger partial charge is 0.124 e. The first-order valence-corrected chi connectivity index (χ1v) is 8.79. The molecule has 0 atom stereocenters. The third kappa shape index (κ3) is 3.99. The van der Waals surface area contributed by atoms with Gasteiger partial charge in [-0.25, -0.2) is 4.39 Å². The number of alkyl halides is 1. The molecular formula is C15H20BrFS. The maximum absolute atomic E-state index is 13.2. The highest BCUT2D eigenvalue weighted by Gasteiger charge is 2.29. The first-order chi connectivity index (χ1) is 8.74. The van der Waals surface area contributed by atoms with E-state index in [2.05, 4.69) is 15.9 Å². The minimum Gasteiger partial charge on any atom is -0.207 e. The third-order valence-corrected chi connectivity index (χ3v) is 6.32. The minimum atomic E-state index is -0.131. The Labute approximate surface area is 122 Å². The van der Waals surface area contributed by atoms with Crippen molar-refractivity contribution in [3.05, 3.63) is 30.1 Å². The maximum atomic E-state index is 13.2. The summed E-state index contributed by atoms with van der Waals surface area (Å²) in [4.78, 5) is 1.06. The molecule has 18 heavy (non-hydrogen) atoms. The van der Waals surface area contributed by atoms with Crippen LogP contribution < -0.4 is 0 Å². The van der Waals surface area contributed by atoms with Crippen LogP contribution in [0.2, 0.25) is 0 Å². The summed E-state index contributed by atoms with van der Waals surface area (Å²) in [5, 5.41) is 1.07. The molecule has 0 heterocycles. The molecular weight excluding hydrogens is 311 g/mol. The average Bonchev–Trinajstić information content (AvgIpc) is 2.63. The van der Waals surface area contributed by atoms with Crippen molar-refractivity contribution in [1.82, 2.24) is 0 Å². The lowest BCUT2D eigenvalue weighted by molar-refractivity contribution is 0.334. The second-order valence-electron chi connectivity index (χ2n) is 5.29. The monoisotopic (exact) mass is 330 g/mol. The fourth-order valence-corrected chi connectivity index (χ4v) is 4.84. The zero-order valence-corrected chi connectivity index (χ0v) is 13.0. The third-order valence-electron chi connectivity index (χ3n) is 3.79. The number of thioether (sulfide) groups is 1. The Balaban J connectivity index is 1.97. The molecule has 0 aliphatic heterocycles. The van der Waals surface area contributed by atoms with E-state index in [4.69, 9.17) is 0 Å². The van der Waals surface area contributed by atoms with Gasteiger partial charge in [-0.2, -0.15) is 0 Å². The van der Waals surface area contributed by atoms with Gasteiger partial charge >= 0.3 is 0 Å². The lowest BCUT2D eigenvalue weighted by Gasteiger charge is -2.30. The van der Waals surface area contributed by atoms with Crippen LogP contribution in [0.4, 0.5) is 4.39 Å². The number of hydrogen-bond donors (Lipinski definition) is 0. The summed E-state index contributed by atoms with van der Waals surface area (Å²) >= 11 is 5.51. The largest absolute Gasteiger partial charge is 0.207 e. The second kappa shape index (κ2) is 6.95. The van der Waals surface area contributed by atoms with Crippen LogP contribution in [0, 0.1) is 11.2 Å². The van der Waals surface area contributed by atoms with Crippen molar-refractivity contribution in [2.45, 2.75) is 43.4 Å². The van der Waals surface area contributed by atoms with Gasteiger partial charge < -0.3 is 0 Å². The van der Waals surface area contributed by atoms with Crippen molar-refractivity contribution < 1.29 is 4.39 Å². The first kappa shape index (κ1) is 14.4. The molecule has 0 spiro atoms. The molecule has 1 aliphatic carbocycles. The number of hydrogen-bond acceptors (Lipinski definition) is 1. The van der Waals surface area contributed by atoms with Gasteiger partial charge in [0.1, 0.15) is 5.82 Å². The van der Waals surface area contributed by atoms with Gasteiger partial charge in [0, 0.05) is 16.0 Å². The van der Waals surface area contributed by atoms with Gasteiger partial charge in [-0.1, -0.05) is 47.7 Å². The highest BCUT2D eigenvalue weighted by atomic mass is 79.9. The van der Waals surface area contributed by atoms with E-state index in [9.17, 15) is 4.39 Å². The Morgan fingerprint density at radius 3 is 2.50 bits per heavy atom. The molecule has 3 heteroatoms. The summed E-state index contributed by atoms with van der Waals surface area (Å²) in [6.45, 7) is 0. The van der Waals surface area contributed by atoms with Crippen molar-refractivity contribution >= 4 is 27.7 Å². The van der Waals surface area contributed by atoms with E-state index in [1.165, 1.54) is 44.6 Å². The summed E-state index contributed by atoms with van der Waals surface area (Å²) in [5.74, 6) is 0.968. The van der Waals surface area contributed by atoms with Crippen LogP contribution in [0.3, 0.4) is 0 Å². The van der Waals surface area contributed by atoms with Crippen molar-refractivity contribution in [3.63, 3.8) is 0 Å². The second-order valence-corrected chi connectivity index (χ2v) is 6.90. The van der Waals surface area contributed by atoms with Gasteiger partial charge in [-0.15, -0.1) is 11.8 Å². The number of benzene rings is 1. The van der Waals surface area contributed by atoms with E-state index in [1.54, 1.807) is 23.9 Å². The molecule has 0 nitrogen and oxygen atoms in total. The fraction of sp³-hybridized carbons (Fsp3) is 0.600. The van der Waals surface area contributed by atoms with Crippen LogP contribution >= 0.6 is 27.7 Å². The molecule has 1 aliphatic rings. The van der Waals surface area contributed by atoms with Gasteiger partial charge in [0.2, 0.25) is 0 Å². The summed E-state index contributed by atoms with van der Waals surface area (Å²) in [6, 6.07) is 6.96. The molecule has 0 unspecified atom stereocenters. The highest BCUT2D eigenvalue weighted by molar-refractivity contribution is 9.09. The van der Waals surface area contributed by atoms with E-state index in [1.807, 2.05) is 6.07 Å². The van der Waals surface area contributed by atoms with Gasteiger partial charge in [0.15, 0.2) is 0 Å². The SMILES string of the molecule is Fc1cccc(SCC2(CBr)CCCCCC2)c1. The van der Waals surface area contributed by atoms with Crippen molar-refractivity contribution in [1.29, 1.82) is 0 Å². The molecule has 0 bridgehead atoms. The normalized spacial score (nSPS) is 19.4. The molecule has 0 N–H and O–H groups in total. The predicted octanol–water partition coefficient (Wildman–Crippen LogP) is 5.65. The maximum Gasteiger partial charge on any atom is 0.124 e. The molecule has 100 valence electrons. The summed E-state index contributed by atoms with van der Waals surface area (Å²) in [6.07, 6.45) is 8.05. The Bertz CT molecular complexity index is 373. The van der Waals surface area contributed by atoms with Crippen LogP contribution in [-0.2, 0) is 0 Å². The molecule has 1 aromatic rings. The lowest BCUT2D eigenvalue weighted by atomic mass is 9.85. The van der Waals surface area contributed by atoms with E-state index >= 15 is 0 Å². The first-order valence-electron chi connectivity index (χ1n) is 6.68. The molecule has 0 radical (unpaired) electrons. The lowest BCUT2D eigenvalue weighted by Crippen LogP contribution is -2.25. The Kier molecular flexibility index (Phi) is 5.56. The summed E-state index contributed by atoms with van der Waals surface area (Å²) < 4.78 is 13.2. The Morgan fingerprint density at radius 1 is 1.17 bits per heavy atom. The van der Waals surface area contributed by atoms with Crippen LogP contribution in [0.1, 0.15) is 38.5 Å². The van der Waals surface area contributed by atoms with Crippen LogP contribution in [0.25, 0.3) is 0 Å². The topological polar surface area (TPSA) is 0 Å². The minimum absolute atomic E-state index is 0.131. The molecule has 2 rings (SSSR count). The van der Waals surface area contributed by atoms with E-state index in [0.29, 0.717) is 5.41 Å². The van der Waals surface area contributed by atoms with E-state index in [-0.39, 0.29) is 5.82 Å². The van der Waals surface area contributed by atoms with Gasteiger partial charge in [-0.05, 0) is 36.5 Å². The van der Waals surface area contributed by atoms with Crippen molar-refractivity contribution in [2.75, 3.05) is 11.1 Å². The quantitative estimate of drug-likeness (QED) is 0.390. The molecule has 1 aromatic carbocycles. The van der Waals surface area contributed by atoms with Crippen LogP contribution in [-0.4, -0.2) is 11.1 Å². The Morgan fingerprint density at radius 2 is 1.89 bits per heavy atom. The van der Waals surface area contributed by atoms with Gasteiger partial charge in [0.25, 0.3) is 0 Å². The van der Waals surface area contributed by atoms with Crippen molar-refractivity contribution in [2.24, 2.45) is 5.41 Å². The van der Waals surface area contributed by atoms with Crippen molar-refractivity contribution in [3.8, 4) is 0 Å². The Hall–Kier alpha value is -0.0200. The molecule has 0 aromatic heterocycles. The van der Waals surface area contributed by atoms with E-state index < -0.39 is 0 Å². The number of halogens is 2. The summed E-state index contributed by atoms with van der Waals surface area (Å²) in [7, 11) is 0. The zero-order chi connectivity index (χ0) is 12.8. The number of rotatable bonds is 4. The van der Waals surface area contributed by atoms with Gasteiger partial charge in [-0.3, -0.25) is 0 Å². The highest BCUT2D eigenvalue weighted by Crippen LogP contribution is 2.41. The molecule has 1 fully saturated rings. The predicted molar refractivity (Wildman–Crippen MR) is 81.1 cm³/mol. The average molecular weight is 331 g/mol. The standard InChI is InChI=1S/C15H20BrFS/c16-11-15(8-3-1-2-4-9-15)12-18-14-7-5-6-13(17)10-14/h5-7,10H,1-4,8-9,11-12H2.